The molecule has 0 saturated heterocycles. The first kappa shape index (κ1) is 14.9. The van der Waals surface area contributed by atoms with Gasteiger partial charge in [-0.15, -0.1) is 0 Å². The molecular formula is C21H12N2O2. The summed E-state index contributed by atoms with van der Waals surface area (Å²) >= 11 is 0. The van der Waals surface area contributed by atoms with Gasteiger partial charge in [-0.25, -0.2) is 0 Å². The Morgan fingerprint density at radius 3 is 2.28 bits per heavy atom. The van der Waals surface area contributed by atoms with Crippen LogP contribution in [0.25, 0.3) is 32.7 Å². The van der Waals surface area contributed by atoms with Crippen LogP contribution in [0.1, 0.15) is 5.56 Å². The Labute approximate surface area is 143 Å². The fraction of sp³-hybridized carbons (Fsp3) is 0. The molecule has 4 heteroatoms. The number of nitrogens with zero attached hydrogens (tertiary/aromatic N) is 2. The zero-order valence-electron chi connectivity index (χ0n) is 13.1. The average molecular weight is 324 g/mol. The lowest BCUT2D eigenvalue weighted by Gasteiger charge is -2.10. The molecule has 0 amide bonds. The Morgan fingerprint density at radius 2 is 1.52 bits per heavy atom. The maximum atomic E-state index is 11.8. The monoisotopic (exact) mass is 324 g/mol. The number of nitro groups is 1. The van der Waals surface area contributed by atoms with E-state index in [0.29, 0.717) is 22.1 Å². The highest BCUT2D eigenvalue weighted by Crippen LogP contribution is 2.40. The number of benzene rings is 4. The zero-order valence-corrected chi connectivity index (χ0v) is 13.1. The molecule has 0 spiro atoms. The van der Waals surface area contributed by atoms with E-state index in [9.17, 15) is 15.4 Å². The summed E-state index contributed by atoms with van der Waals surface area (Å²) in [5.41, 5.74) is 1.80. The molecule has 0 aliphatic carbocycles. The van der Waals surface area contributed by atoms with Crippen molar-refractivity contribution in [2.24, 2.45) is 0 Å². The van der Waals surface area contributed by atoms with E-state index in [1.807, 2.05) is 48.5 Å². The lowest BCUT2D eigenvalue weighted by atomic mass is 9.92. The van der Waals surface area contributed by atoms with E-state index in [1.165, 1.54) is 0 Å². The average Bonchev–Trinajstić information content (AvgIpc) is 2.65. The van der Waals surface area contributed by atoms with Crippen molar-refractivity contribution in [1.29, 1.82) is 5.26 Å². The Bertz CT molecular complexity index is 1180. The fourth-order valence-corrected chi connectivity index (χ4v) is 3.33. The van der Waals surface area contributed by atoms with Gasteiger partial charge in [-0.05, 0) is 34.5 Å². The first-order chi connectivity index (χ1) is 12.2. The molecule has 0 fully saturated rings. The number of nitro benzene ring substituents is 1. The molecule has 4 aromatic carbocycles. The van der Waals surface area contributed by atoms with Crippen LogP contribution in [-0.4, -0.2) is 4.92 Å². The van der Waals surface area contributed by atoms with Crippen LogP contribution >= 0.6 is 0 Å². The summed E-state index contributed by atoms with van der Waals surface area (Å²) in [6.07, 6.45) is 0. The van der Waals surface area contributed by atoms with Crippen molar-refractivity contribution >= 4 is 27.2 Å². The van der Waals surface area contributed by atoms with E-state index in [1.54, 1.807) is 24.3 Å². The molecule has 0 aromatic heterocycles. The molecule has 0 aliphatic heterocycles. The Kier molecular flexibility index (Phi) is 3.41. The summed E-state index contributed by atoms with van der Waals surface area (Å²) < 4.78 is 0. The highest BCUT2D eigenvalue weighted by Gasteiger charge is 2.21. The first-order valence-electron chi connectivity index (χ1n) is 7.79. The van der Waals surface area contributed by atoms with Crippen LogP contribution in [0.5, 0.6) is 0 Å². The maximum absolute atomic E-state index is 11.8. The number of hydrogen-bond acceptors (Lipinski definition) is 3. The number of fused-ring (bicyclic) bond motifs is 2. The van der Waals surface area contributed by atoms with Crippen molar-refractivity contribution in [2.45, 2.75) is 0 Å². The van der Waals surface area contributed by atoms with Crippen molar-refractivity contribution in [3.8, 4) is 17.2 Å². The largest absolute Gasteiger partial charge is 0.284 e. The SMILES string of the molecule is N#Cc1cccc2cccc(-c3ccc4ccccc4c3[N+](=O)[O-])c12. The molecule has 0 unspecified atom stereocenters. The van der Waals surface area contributed by atoms with E-state index < -0.39 is 0 Å². The highest BCUT2D eigenvalue weighted by atomic mass is 16.6. The summed E-state index contributed by atoms with van der Waals surface area (Å²) in [6, 6.07) is 24.2. The smallest absolute Gasteiger partial charge is 0.258 e. The lowest BCUT2D eigenvalue weighted by Crippen LogP contribution is -1.95. The van der Waals surface area contributed by atoms with E-state index in [0.717, 1.165) is 16.2 Å². The molecule has 0 radical (unpaired) electrons. The standard InChI is InChI=1S/C21H12N2O2/c22-13-16-8-3-6-15-7-4-10-18(20(15)16)19-12-11-14-5-1-2-9-17(14)21(19)23(24)25/h1-12H. The van der Waals surface area contributed by atoms with Crippen molar-refractivity contribution < 1.29 is 4.92 Å². The van der Waals surface area contributed by atoms with Crippen LogP contribution in [0.3, 0.4) is 0 Å². The first-order valence-corrected chi connectivity index (χ1v) is 7.79. The minimum absolute atomic E-state index is 0.0679. The summed E-state index contributed by atoms with van der Waals surface area (Å²) in [6.45, 7) is 0. The van der Waals surface area contributed by atoms with Crippen LogP contribution in [0.4, 0.5) is 5.69 Å². The zero-order chi connectivity index (χ0) is 17.4. The third-order valence-corrected chi connectivity index (χ3v) is 4.40. The molecular weight excluding hydrogens is 312 g/mol. The van der Waals surface area contributed by atoms with Gasteiger partial charge in [0.05, 0.1) is 27.5 Å². The molecule has 0 saturated carbocycles. The van der Waals surface area contributed by atoms with Gasteiger partial charge in [0.15, 0.2) is 0 Å². The molecule has 0 bridgehead atoms. The van der Waals surface area contributed by atoms with Crippen LogP contribution in [0.2, 0.25) is 0 Å². The van der Waals surface area contributed by atoms with Gasteiger partial charge >= 0.3 is 0 Å². The Balaban J connectivity index is 2.17. The predicted molar refractivity (Wildman–Crippen MR) is 98.3 cm³/mol. The molecule has 118 valence electrons. The van der Waals surface area contributed by atoms with Gasteiger partial charge in [0.2, 0.25) is 0 Å². The second-order valence-corrected chi connectivity index (χ2v) is 5.76. The highest BCUT2D eigenvalue weighted by molar-refractivity contribution is 6.06. The van der Waals surface area contributed by atoms with E-state index in [-0.39, 0.29) is 10.6 Å². The third kappa shape index (κ3) is 2.30. The van der Waals surface area contributed by atoms with Crippen LogP contribution in [-0.2, 0) is 0 Å². The van der Waals surface area contributed by atoms with Crippen LogP contribution < -0.4 is 0 Å². The molecule has 0 N–H and O–H groups in total. The summed E-state index contributed by atoms with van der Waals surface area (Å²) in [5.74, 6) is 0. The van der Waals surface area contributed by atoms with Crippen molar-refractivity contribution in [2.75, 3.05) is 0 Å². The lowest BCUT2D eigenvalue weighted by molar-refractivity contribution is -0.382. The molecule has 4 aromatic rings. The maximum Gasteiger partial charge on any atom is 0.284 e. The van der Waals surface area contributed by atoms with Gasteiger partial charge in [-0.3, -0.25) is 10.1 Å². The van der Waals surface area contributed by atoms with Crippen molar-refractivity contribution in [3.63, 3.8) is 0 Å². The minimum atomic E-state index is -0.342. The normalized spacial score (nSPS) is 10.7. The number of rotatable bonds is 2. The van der Waals surface area contributed by atoms with Gasteiger partial charge < -0.3 is 0 Å². The van der Waals surface area contributed by atoms with Gasteiger partial charge in [-0.1, -0.05) is 54.6 Å². The van der Waals surface area contributed by atoms with E-state index in [2.05, 4.69) is 6.07 Å². The van der Waals surface area contributed by atoms with Crippen LogP contribution in [0.15, 0.2) is 72.8 Å². The summed E-state index contributed by atoms with van der Waals surface area (Å²) in [4.78, 5) is 11.5. The molecule has 0 aliphatic rings. The van der Waals surface area contributed by atoms with E-state index in [4.69, 9.17) is 0 Å². The fourth-order valence-electron chi connectivity index (χ4n) is 3.33. The molecule has 4 nitrogen and oxygen atoms in total. The quantitative estimate of drug-likeness (QED) is 0.364. The van der Waals surface area contributed by atoms with E-state index >= 15 is 0 Å². The Morgan fingerprint density at radius 1 is 0.800 bits per heavy atom. The molecule has 25 heavy (non-hydrogen) atoms. The minimum Gasteiger partial charge on any atom is -0.258 e. The third-order valence-electron chi connectivity index (χ3n) is 4.40. The molecule has 0 atom stereocenters. The van der Waals surface area contributed by atoms with Crippen LogP contribution in [0, 0.1) is 21.4 Å². The number of hydrogen-bond donors (Lipinski definition) is 0. The second-order valence-electron chi connectivity index (χ2n) is 5.76. The second kappa shape index (κ2) is 5.73. The topological polar surface area (TPSA) is 66.9 Å². The van der Waals surface area contributed by atoms with Gasteiger partial charge in [0, 0.05) is 5.39 Å². The van der Waals surface area contributed by atoms with Gasteiger partial charge in [-0.2, -0.15) is 5.26 Å². The van der Waals surface area contributed by atoms with Crippen molar-refractivity contribution in [1.82, 2.24) is 0 Å². The Hall–Kier alpha value is -3.71. The van der Waals surface area contributed by atoms with Gasteiger partial charge in [0.25, 0.3) is 5.69 Å². The van der Waals surface area contributed by atoms with Gasteiger partial charge in [0.1, 0.15) is 0 Å². The predicted octanol–water partition coefficient (Wildman–Crippen LogP) is 5.44. The number of nitriles is 1. The summed E-state index contributed by atoms with van der Waals surface area (Å²) in [5, 5.41) is 24.4. The molecule has 4 rings (SSSR count). The van der Waals surface area contributed by atoms with Crippen molar-refractivity contribution in [3.05, 3.63) is 88.5 Å². The summed E-state index contributed by atoms with van der Waals surface area (Å²) in [7, 11) is 0. The molecule has 0 heterocycles.